The quantitative estimate of drug-likeness (QED) is 0.670. The Hall–Kier alpha value is -2.08. The Labute approximate surface area is 159 Å². The van der Waals surface area contributed by atoms with Gasteiger partial charge in [-0.25, -0.2) is 13.4 Å². The number of alkyl halides is 2. The second kappa shape index (κ2) is 8.74. The first-order valence-corrected chi connectivity index (χ1v) is 9.29. The van der Waals surface area contributed by atoms with Crippen molar-refractivity contribution in [2.45, 2.75) is 18.5 Å². The van der Waals surface area contributed by atoms with E-state index >= 15 is 0 Å². The van der Waals surface area contributed by atoms with E-state index in [1.165, 1.54) is 38.5 Å². The van der Waals surface area contributed by atoms with Gasteiger partial charge in [0.15, 0.2) is 5.82 Å². The van der Waals surface area contributed by atoms with Crippen LogP contribution in [0.4, 0.5) is 14.5 Å². The number of aliphatic hydroxyl groups excluding tert-OH is 1. The largest absolute Gasteiger partial charge is 0.481 e. The molecular formula is C15H16ClF2N3O5S. The lowest BCUT2D eigenvalue weighted by Gasteiger charge is -2.20. The highest BCUT2D eigenvalue weighted by atomic mass is 35.5. The summed E-state index contributed by atoms with van der Waals surface area (Å²) in [5.74, 6) is -3.51. The van der Waals surface area contributed by atoms with Gasteiger partial charge in [0, 0.05) is 18.7 Å². The molecule has 0 aliphatic carbocycles. The second-order valence-electron chi connectivity index (χ2n) is 5.15. The number of hydrogen-bond donors (Lipinski definition) is 2. The average Bonchev–Trinajstić information content (AvgIpc) is 2.64. The van der Waals surface area contributed by atoms with Gasteiger partial charge in [0.25, 0.3) is 10.0 Å². The Morgan fingerprint density at radius 1 is 1.30 bits per heavy atom. The standard InChI is InChI=1S/C15H16ClF2N3O5S/c1-25-11-6-8(7-22)19-14(20-11)13(26-2)9-4-3-5-10(16)12(9)21-27(23,24)15(17)18/h3-6,13,15,21-22H,7H2,1-2H3. The van der Waals surface area contributed by atoms with E-state index in [4.69, 9.17) is 21.1 Å². The predicted molar refractivity (Wildman–Crippen MR) is 93.4 cm³/mol. The van der Waals surface area contributed by atoms with E-state index in [0.29, 0.717) is 0 Å². The maximum Gasteiger partial charge on any atom is 0.355 e. The van der Waals surface area contributed by atoms with Gasteiger partial charge in [0.2, 0.25) is 5.88 Å². The van der Waals surface area contributed by atoms with Crippen molar-refractivity contribution in [1.29, 1.82) is 0 Å². The highest BCUT2D eigenvalue weighted by molar-refractivity contribution is 7.93. The summed E-state index contributed by atoms with van der Waals surface area (Å²) in [6, 6.07) is 5.63. The van der Waals surface area contributed by atoms with Crippen molar-refractivity contribution in [2.24, 2.45) is 0 Å². The van der Waals surface area contributed by atoms with E-state index in [9.17, 15) is 22.3 Å². The van der Waals surface area contributed by atoms with Crippen molar-refractivity contribution in [3.63, 3.8) is 0 Å². The van der Waals surface area contributed by atoms with Crippen LogP contribution in [0.2, 0.25) is 5.02 Å². The molecule has 8 nitrogen and oxygen atoms in total. The fraction of sp³-hybridized carbons (Fsp3) is 0.333. The van der Waals surface area contributed by atoms with E-state index in [-0.39, 0.29) is 33.7 Å². The van der Waals surface area contributed by atoms with E-state index in [1.807, 2.05) is 0 Å². The summed E-state index contributed by atoms with van der Waals surface area (Å²) in [4.78, 5) is 8.23. The summed E-state index contributed by atoms with van der Waals surface area (Å²) in [6.07, 6.45) is -1.08. The first kappa shape index (κ1) is 21.2. The summed E-state index contributed by atoms with van der Waals surface area (Å²) >= 11 is 6.01. The molecule has 1 heterocycles. The van der Waals surface area contributed by atoms with E-state index in [2.05, 4.69) is 9.97 Å². The first-order chi connectivity index (χ1) is 12.7. The smallest absolute Gasteiger partial charge is 0.355 e. The molecule has 0 radical (unpaired) electrons. The molecule has 0 aliphatic heterocycles. The zero-order valence-corrected chi connectivity index (χ0v) is 15.8. The molecule has 1 aromatic heterocycles. The van der Waals surface area contributed by atoms with Crippen molar-refractivity contribution < 1.29 is 31.8 Å². The third kappa shape index (κ3) is 4.80. The number of benzene rings is 1. The molecule has 0 amide bonds. The zero-order chi connectivity index (χ0) is 20.2. The topological polar surface area (TPSA) is 111 Å². The summed E-state index contributed by atoms with van der Waals surface area (Å²) in [5, 5.41) is 9.22. The Morgan fingerprint density at radius 2 is 2.00 bits per heavy atom. The molecule has 0 bridgehead atoms. The summed E-state index contributed by atoms with van der Waals surface area (Å²) < 4.78 is 60.9. The number of ether oxygens (including phenoxy) is 2. The molecule has 12 heteroatoms. The highest BCUT2D eigenvalue weighted by Gasteiger charge is 2.29. The van der Waals surface area contributed by atoms with Crippen LogP contribution >= 0.6 is 11.6 Å². The number of para-hydroxylation sites is 1. The SMILES string of the molecule is COc1cc(CO)nc(C(OC)c2cccc(Cl)c2NS(=O)(=O)C(F)F)n1. The van der Waals surface area contributed by atoms with Gasteiger partial charge < -0.3 is 14.6 Å². The Balaban J connectivity index is 2.60. The minimum atomic E-state index is -4.97. The number of anilines is 1. The molecule has 2 aromatic rings. The second-order valence-corrected chi connectivity index (χ2v) is 7.20. The van der Waals surface area contributed by atoms with Gasteiger partial charge >= 0.3 is 5.76 Å². The zero-order valence-electron chi connectivity index (χ0n) is 14.2. The lowest BCUT2D eigenvalue weighted by molar-refractivity contribution is 0.128. The number of aliphatic hydroxyl groups is 1. The monoisotopic (exact) mass is 423 g/mol. The van der Waals surface area contributed by atoms with Gasteiger partial charge in [0.1, 0.15) is 6.10 Å². The molecule has 27 heavy (non-hydrogen) atoms. The highest BCUT2D eigenvalue weighted by Crippen LogP contribution is 2.36. The Kier molecular flexibility index (Phi) is 6.87. The van der Waals surface area contributed by atoms with Gasteiger partial charge in [-0.05, 0) is 6.07 Å². The molecule has 1 unspecified atom stereocenters. The van der Waals surface area contributed by atoms with Crippen LogP contribution in [0.1, 0.15) is 23.2 Å². The van der Waals surface area contributed by atoms with Crippen LogP contribution in [0.3, 0.4) is 0 Å². The number of methoxy groups -OCH3 is 2. The predicted octanol–water partition coefficient (Wildman–Crippen LogP) is 2.33. The average molecular weight is 424 g/mol. The molecule has 0 spiro atoms. The summed E-state index contributed by atoms with van der Waals surface area (Å²) in [7, 11) is -2.33. The van der Waals surface area contributed by atoms with Gasteiger partial charge in [0.05, 0.1) is 30.1 Å². The summed E-state index contributed by atoms with van der Waals surface area (Å²) in [5.41, 5.74) is 0.0327. The van der Waals surface area contributed by atoms with E-state index in [0.717, 1.165) is 0 Å². The van der Waals surface area contributed by atoms with Crippen molar-refractivity contribution >= 4 is 27.3 Å². The number of sulfonamides is 1. The third-order valence-electron chi connectivity index (χ3n) is 3.42. The Morgan fingerprint density at radius 3 is 2.56 bits per heavy atom. The maximum atomic E-state index is 12.8. The number of halogens is 3. The molecular weight excluding hydrogens is 408 g/mol. The molecule has 1 atom stereocenters. The van der Waals surface area contributed by atoms with Gasteiger partial charge in [-0.3, -0.25) is 4.72 Å². The van der Waals surface area contributed by atoms with Crippen LogP contribution in [0.5, 0.6) is 5.88 Å². The molecule has 0 fully saturated rings. The molecule has 2 rings (SSSR count). The lowest BCUT2D eigenvalue weighted by atomic mass is 10.1. The van der Waals surface area contributed by atoms with E-state index < -0.39 is 28.5 Å². The van der Waals surface area contributed by atoms with Crippen LogP contribution in [0.15, 0.2) is 24.3 Å². The van der Waals surface area contributed by atoms with Crippen LogP contribution in [0, 0.1) is 0 Å². The molecule has 148 valence electrons. The fourth-order valence-corrected chi connectivity index (χ4v) is 3.11. The number of nitrogens with zero attached hydrogens (tertiary/aromatic N) is 2. The third-order valence-corrected chi connectivity index (χ3v) is 4.69. The number of nitrogens with one attached hydrogen (secondary N) is 1. The minimum Gasteiger partial charge on any atom is -0.481 e. The van der Waals surface area contributed by atoms with Gasteiger partial charge in [-0.15, -0.1) is 0 Å². The van der Waals surface area contributed by atoms with Crippen molar-refractivity contribution in [3.8, 4) is 5.88 Å². The molecule has 0 saturated heterocycles. The summed E-state index contributed by atoms with van der Waals surface area (Å²) in [6.45, 7) is -0.414. The van der Waals surface area contributed by atoms with Crippen LogP contribution < -0.4 is 9.46 Å². The first-order valence-electron chi connectivity index (χ1n) is 7.37. The molecule has 0 aliphatic rings. The number of aromatic nitrogens is 2. The minimum absolute atomic E-state index is 0.0145. The number of hydrogen-bond acceptors (Lipinski definition) is 7. The van der Waals surface area contributed by atoms with Crippen LogP contribution in [0.25, 0.3) is 0 Å². The molecule has 2 N–H and O–H groups in total. The van der Waals surface area contributed by atoms with Gasteiger partial charge in [-0.1, -0.05) is 23.7 Å². The van der Waals surface area contributed by atoms with Crippen LogP contribution in [-0.4, -0.2) is 43.5 Å². The van der Waals surface area contributed by atoms with E-state index in [1.54, 1.807) is 4.72 Å². The van der Waals surface area contributed by atoms with Crippen LogP contribution in [-0.2, 0) is 21.4 Å². The molecule has 0 saturated carbocycles. The van der Waals surface area contributed by atoms with Crippen molar-refractivity contribution in [1.82, 2.24) is 9.97 Å². The normalized spacial score (nSPS) is 12.9. The maximum absolute atomic E-state index is 12.8. The Bertz CT molecular complexity index is 892. The molecule has 1 aromatic carbocycles. The number of rotatable bonds is 8. The van der Waals surface area contributed by atoms with Crippen molar-refractivity contribution in [2.75, 3.05) is 18.9 Å². The lowest BCUT2D eigenvalue weighted by Crippen LogP contribution is -2.22. The fourth-order valence-electron chi connectivity index (χ4n) is 2.22. The van der Waals surface area contributed by atoms with Gasteiger partial charge in [-0.2, -0.15) is 13.8 Å². The van der Waals surface area contributed by atoms with Crippen molar-refractivity contribution in [3.05, 3.63) is 46.4 Å².